The number of carbonyl (C=O) groups excluding carboxylic acids is 2. The molecule has 1 aromatic rings. The maximum atomic E-state index is 12.3. The number of esters is 1. The van der Waals surface area contributed by atoms with Crippen molar-refractivity contribution in [3.8, 4) is 5.75 Å². The number of nitrogens with one attached hydrogen (secondary N) is 1. The molecule has 0 heterocycles. The summed E-state index contributed by atoms with van der Waals surface area (Å²) >= 11 is 0. The zero-order valence-electron chi connectivity index (χ0n) is 15.9. The number of hydrogen-bond donors (Lipinski definition) is 1. The predicted molar refractivity (Wildman–Crippen MR) is 96.6 cm³/mol. The van der Waals surface area contributed by atoms with Crippen LogP contribution < -0.4 is 9.46 Å². The van der Waals surface area contributed by atoms with Crippen LogP contribution in [0.15, 0.2) is 23.1 Å². The fourth-order valence-electron chi connectivity index (χ4n) is 2.58. The molecule has 0 aliphatic heterocycles. The molecule has 1 amide bonds. The lowest BCUT2D eigenvalue weighted by Crippen LogP contribution is -2.44. The fraction of sp³-hybridized carbons (Fsp3) is 0.529. The van der Waals surface area contributed by atoms with Gasteiger partial charge in [0.15, 0.2) is 6.61 Å². The number of hydrogen-bond acceptors (Lipinski definition) is 6. The molecule has 1 aromatic carbocycles. The second kappa shape index (κ2) is 9.00. The molecule has 0 atom stereocenters. The van der Waals surface area contributed by atoms with Crippen LogP contribution in [0.2, 0.25) is 0 Å². The Balaban J connectivity index is 2.98. The third-order valence-corrected chi connectivity index (χ3v) is 5.12. The molecule has 0 saturated heterocycles. The lowest BCUT2D eigenvalue weighted by molar-refractivity contribution is -0.138. The van der Waals surface area contributed by atoms with Crippen LogP contribution in [-0.4, -0.2) is 58.0 Å². The van der Waals surface area contributed by atoms with E-state index in [1.165, 1.54) is 26.3 Å². The van der Waals surface area contributed by atoms with Crippen molar-refractivity contribution < 1.29 is 27.5 Å². The molecular weight excluding hydrogens is 360 g/mol. The van der Waals surface area contributed by atoms with Crippen molar-refractivity contribution in [1.82, 2.24) is 9.62 Å². The van der Waals surface area contributed by atoms with Gasteiger partial charge in [0, 0.05) is 12.1 Å². The molecule has 9 heteroatoms. The average Bonchev–Trinajstić information content (AvgIpc) is 2.58. The van der Waals surface area contributed by atoms with E-state index in [1.807, 2.05) is 27.7 Å². The van der Waals surface area contributed by atoms with Gasteiger partial charge in [0.25, 0.3) is 5.91 Å². The molecular formula is C17H26N2O6S. The van der Waals surface area contributed by atoms with Gasteiger partial charge in [-0.3, -0.25) is 4.79 Å². The number of amides is 1. The molecule has 0 aliphatic rings. The molecule has 1 rings (SSSR count). The first kappa shape index (κ1) is 21.9. The van der Waals surface area contributed by atoms with Crippen LogP contribution in [-0.2, 0) is 19.6 Å². The Labute approximate surface area is 154 Å². The van der Waals surface area contributed by atoms with Gasteiger partial charge < -0.3 is 14.4 Å². The Morgan fingerprint density at radius 2 is 1.73 bits per heavy atom. The molecule has 0 unspecified atom stereocenters. The lowest BCUT2D eigenvalue weighted by Gasteiger charge is -2.30. The first-order chi connectivity index (χ1) is 12.0. The fourth-order valence-corrected chi connectivity index (χ4v) is 3.50. The largest absolute Gasteiger partial charge is 0.495 e. The number of sulfonamides is 1. The molecule has 0 bridgehead atoms. The van der Waals surface area contributed by atoms with E-state index in [0.717, 1.165) is 6.07 Å². The summed E-state index contributed by atoms with van der Waals surface area (Å²) in [6.45, 7) is 7.07. The first-order valence-corrected chi connectivity index (χ1v) is 9.63. The molecule has 0 saturated carbocycles. The van der Waals surface area contributed by atoms with Gasteiger partial charge in [-0.15, -0.1) is 0 Å². The summed E-state index contributed by atoms with van der Waals surface area (Å²) in [5.41, 5.74) is 0.00747. The van der Waals surface area contributed by atoms with E-state index >= 15 is 0 Å². The van der Waals surface area contributed by atoms with Crippen LogP contribution >= 0.6 is 0 Å². The zero-order chi connectivity index (χ0) is 20.1. The summed E-state index contributed by atoms with van der Waals surface area (Å²) < 4.78 is 36.4. The highest BCUT2D eigenvalue weighted by Gasteiger charge is 2.23. The van der Waals surface area contributed by atoms with E-state index in [2.05, 4.69) is 4.72 Å². The SMILES string of the molecule is CNS(=O)(=O)c1cc(C(=O)OCC(=O)N(C(C)C)C(C)C)ccc1OC. The summed E-state index contributed by atoms with van der Waals surface area (Å²) in [7, 11) is -1.24. The molecule has 0 aliphatic carbocycles. The third kappa shape index (κ3) is 5.18. The Morgan fingerprint density at radius 3 is 2.19 bits per heavy atom. The van der Waals surface area contributed by atoms with Crippen LogP contribution in [0, 0.1) is 0 Å². The Morgan fingerprint density at radius 1 is 1.15 bits per heavy atom. The van der Waals surface area contributed by atoms with Crippen molar-refractivity contribution in [2.45, 2.75) is 44.7 Å². The highest BCUT2D eigenvalue weighted by Crippen LogP contribution is 2.25. The molecule has 0 spiro atoms. The van der Waals surface area contributed by atoms with Crippen LogP contribution in [0.1, 0.15) is 38.1 Å². The van der Waals surface area contributed by atoms with Crippen LogP contribution in [0.3, 0.4) is 0 Å². The lowest BCUT2D eigenvalue weighted by atomic mass is 10.2. The third-order valence-electron chi connectivity index (χ3n) is 3.68. The van der Waals surface area contributed by atoms with Gasteiger partial charge in [0.05, 0.1) is 12.7 Å². The van der Waals surface area contributed by atoms with E-state index in [0.29, 0.717) is 0 Å². The number of benzene rings is 1. The van der Waals surface area contributed by atoms with Gasteiger partial charge in [-0.2, -0.15) is 0 Å². The van der Waals surface area contributed by atoms with Crippen molar-refractivity contribution in [1.29, 1.82) is 0 Å². The van der Waals surface area contributed by atoms with E-state index in [4.69, 9.17) is 9.47 Å². The monoisotopic (exact) mass is 386 g/mol. The summed E-state index contributed by atoms with van der Waals surface area (Å²) in [4.78, 5) is 25.9. The Kier molecular flexibility index (Phi) is 7.58. The molecule has 26 heavy (non-hydrogen) atoms. The normalized spacial score (nSPS) is 11.5. The minimum absolute atomic E-state index is 0.00747. The molecule has 8 nitrogen and oxygen atoms in total. The number of ether oxygens (including phenoxy) is 2. The molecule has 0 fully saturated rings. The zero-order valence-corrected chi connectivity index (χ0v) is 16.7. The standard InChI is InChI=1S/C17H26N2O6S/c1-11(2)19(12(3)4)16(20)10-25-17(21)13-7-8-14(24-6)15(9-13)26(22,23)18-5/h7-9,11-12,18H,10H2,1-6H3. The van der Waals surface area contributed by atoms with E-state index in [-0.39, 0.29) is 34.2 Å². The van der Waals surface area contributed by atoms with Gasteiger partial charge in [0.2, 0.25) is 10.0 Å². The van der Waals surface area contributed by atoms with E-state index in [9.17, 15) is 18.0 Å². The average molecular weight is 386 g/mol. The number of carbonyl (C=O) groups is 2. The predicted octanol–water partition coefficient (Wildman–Crippen LogP) is 1.41. The van der Waals surface area contributed by atoms with Gasteiger partial charge in [-0.25, -0.2) is 17.9 Å². The van der Waals surface area contributed by atoms with Crippen LogP contribution in [0.5, 0.6) is 5.75 Å². The smallest absolute Gasteiger partial charge is 0.338 e. The first-order valence-electron chi connectivity index (χ1n) is 8.15. The highest BCUT2D eigenvalue weighted by atomic mass is 32.2. The van der Waals surface area contributed by atoms with Crippen molar-refractivity contribution >= 4 is 21.9 Å². The minimum atomic E-state index is -3.82. The van der Waals surface area contributed by atoms with Gasteiger partial charge in [-0.1, -0.05) is 0 Å². The van der Waals surface area contributed by atoms with Gasteiger partial charge >= 0.3 is 5.97 Å². The van der Waals surface area contributed by atoms with E-state index in [1.54, 1.807) is 4.90 Å². The Bertz CT molecular complexity index is 751. The number of rotatable bonds is 8. The Hall–Kier alpha value is -2.13. The molecule has 1 N–H and O–H groups in total. The van der Waals surface area contributed by atoms with Gasteiger partial charge in [0.1, 0.15) is 10.6 Å². The quantitative estimate of drug-likeness (QED) is 0.678. The van der Waals surface area contributed by atoms with Gasteiger partial charge in [-0.05, 0) is 52.9 Å². The number of methoxy groups -OCH3 is 1. The second-order valence-electron chi connectivity index (χ2n) is 6.14. The summed E-state index contributed by atoms with van der Waals surface area (Å²) in [5.74, 6) is -1.02. The van der Waals surface area contributed by atoms with Crippen LogP contribution in [0.25, 0.3) is 0 Å². The second-order valence-corrected chi connectivity index (χ2v) is 7.99. The highest BCUT2D eigenvalue weighted by molar-refractivity contribution is 7.89. The molecule has 0 aromatic heterocycles. The summed E-state index contributed by atoms with van der Waals surface area (Å²) in [6.07, 6.45) is 0. The molecule has 0 radical (unpaired) electrons. The van der Waals surface area contributed by atoms with Crippen LogP contribution in [0.4, 0.5) is 0 Å². The topological polar surface area (TPSA) is 102 Å². The number of nitrogens with zero attached hydrogens (tertiary/aromatic N) is 1. The minimum Gasteiger partial charge on any atom is -0.495 e. The van der Waals surface area contributed by atoms with Crippen molar-refractivity contribution in [2.75, 3.05) is 20.8 Å². The maximum absolute atomic E-state index is 12.3. The molecule has 146 valence electrons. The summed E-state index contributed by atoms with van der Waals surface area (Å²) in [6, 6.07) is 3.82. The summed E-state index contributed by atoms with van der Waals surface area (Å²) in [5, 5.41) is 0. The van der Waals surface area contributed by atoms with Crippen molar-refractivity contribution in [2.24, 2.45) is 0 Å². The maximum Gasteiger partial charge on any atom is 0.338 e. The van der Waals surface area contributed by atoms with Crippen molar-refractivity contribution in [3.05, 3.63) is 23.8 Å². The van der Waals surface area contributed by atoms with E-state index < -0.39 is 22.6 Å². The van der Waals surface area contributed by atoms with Crippen molar-refractivity contribution in [3.63, 3.8) is 0 Å².